The van der Waals surface area contributed by atoms with E-state index >= 15 is 0 Å². The summed E-state index contributed by atoms with van der Waals surface area (Å²) in [6.07, 6.45) is 1.84. The average Bonchev–Trinajstić information content (AvgIpc) is 3.03. The quantitative estimate of drug-likeness (QED) is 0.731. The molecule has 0 fully saturated rings. The summed E-state index contributed by atoms with van der Waals surface area (Å²) in [7, 11) is 1.40. The summed E-state index contributed by atoms with van der Waals surface area (Å²) in [5, 5.41) is 1.02. The number of pyridine rings is 1. The summed E-state index contributed by atoms with van der Waals surface area (Å²) in [6.45, 7) is 4.00. The molecule has 3 aromatic rings. The first-order valence-electron chi connectivity index (χ1n) is 6.24. The van der Waals surface area contributed by atoms with Crippen LogP contribution in [0.4, 0.5) is 0 Å². The van der Waals surface area contributed by atoms with Crippen LogP contribution in [-0.2, 0) is 4.74 Å². The Morgan fingerprint density at radius 2 is 2.20 bits per heavy atom. The molecule has 0 aliphatic rings. The average molecular weight is 286 g/mol. The molecule has 0 aliphatic carbocycles. The van der Waals surface area contributed by atoms with E-state index in [1.54, 1.807) is 0 Å². The van der Waals surface area contributed by atoms with Crippen molar-refractivity contribution in [2.24, 2.45) is 0 Å². The van der Waals surface area contributed by atoms with E-state index in [1.165, 1.54) is 18.4 Å². The Labute approximate surface area is 120 Å². The van der Waals surface area contributed by atoms with E-state index < -0.39 is 0 Å². The first kappa shape index (κ1) is 12.9. The highest BCUT2D eigenvalue weighted by molar-refractivity contribution is 7.21. The van der Waals surface area contributed by atoms with Crippen molar-refractivity contribution in [2.45, 2.75) is 13.8 Å². The molecule has 3 rings (SSSR count). The summed E-state index contributed by atoms with van der Waals surface area (Å²) < 4.78 is 4.90. The molecule has 0 unspecified atom stereocenters. The van der Waals surface area contributed by atoms with Crippen LogP contribution in [0.1, 0.15) is 20.9 Å². The molecular weight excluding hydrogens is 272 g/mol. The number of hydrogen-bond donors (Lipinski definition) is 1. The number of carbonyl (C=O) groups excluding carboxylic acids is 1. The molecule has 0 aliphatic heterocycles. The third-order valence-corrected chi connectivity index (χ3v) is 4.29. The van der Waals surface area contributed by atoms with Gasteiger partial charge in [0.1, 0.15) is 9.71 Å². The van der Waals surface area contributed by atoms with E-state index in [0.29, 0.717) is 4.88 Å². The zero-order valence-corrected chi connectivity index (χ0v) is 12.3. The van der Waals surface area contributed by atoms with E-state index in [9.17, 15) is 4.79 Å². The highest BCUT2D eigenvalue weighted by atomic mass is 32.1. The van der Waals surface area contributed by atoms with Gasteiger partial charge in [-0.25, -0.2) is 9.78 Å². The third-order valence-electron chi connectivity index (χ3n) is 3.23. The lowest BCUT2D eigenvalue weighted by Crippen LogP contribution is -2.00. The monoisotopic (exact) mass is 286 g/mol. The second kappa shape index (κ2) is 4.76. The van der Waals surface area contributed by atoms with Crippen molar-refractivity contribution in [1.82, 2.24) is 9.97 Å². The fraction of sp³-hybridized carbons (Fsp3) is 0.200. The van der Waals surface area contributed by atoms with Crippen LogP contribution in [0.5, 0.6) is 0 Å². The van der Waals surface area contributed by atoms with Gasteiger partial charge in [-0.1, -0.05) is 0 Å². The van der Waals surface area contributed by atoms with Crippen molar-refractivity contribution in [3.8, 4) is 11.3 Å². The fourth-order valence-corrected chi connectivity index (χ4v) is 3.65. The van der Waals surface area contributed by atoms with Gasteiger partial charge in [-0.3, -0.25) is 0 Å². The van der Waals surface area contributed by atoms with E-state index in [2.05, 4.69) is 9.97 Å². The van der Waals surface area contributed by atoms with Crippen molar-refractivity contribution < 1.29 is 9.53 Å². The molecule has 20 heavy (non-hydrogen) atoms. The van der Waals surface area contributed by atoms with Crippen LogP contribution in [-0.4, -0.2) is 23.0 Å². The van der Waals surface area contributed by atoms with Crippen molar-refractivity contribution >= 4 is 27.5 Å². The second-order valence-electron chi connectivity index (χ2n) is 4.64. The van der Waals surface area contributed by atoms with E-state index in [0.717, 1.165) is 32.7 Å². The highest BCUT2D eigenvalue weighted by Crippen LogP contribution is 2.39. The van der Waals surface area contributed by atoms with Gasteiger partial charge in [0.05, 0.1) is 7.11 Å². The maximum Gasteiger partial charge on any atom is 0.348 e. The first-order valence-corrected chi connectivity index (χ1v) is 7.06. The number of aromatic nitrogens is 2. The number of hydrogen-bond acceptors (Lipinski definition) is 4. The number of rotatable bonds is 2. The number of aromatic amines is 1. The van der Waals surface area contributed by atoms with Crippen LogP contribution in [0.25, 0.3) is 21.5 Å². The van der Waals surface area contributed by atoms with Crippen molar-refractivity contribution in [1.29, 1.82) is 0 Å². The Morgan fingerprint density at radius 3 is 2.85 bits per heavy atom. The zero-order chi connectivity index (χ0) is 14.3. The molecule has 5 heteroatoms. The second-order valence-corrected chi connectivity index (χ2v) is 5.64. The van der Waals surface area contributed by atoms with Gasteiger partial charge >= 0.3 is 5.97 Å². The van der Waals surface area contributed by atoms with Crippen molar-refractivity contribution in [2.75, 3.05) is 7.11 Å². The molecule has 3 aromatic heterocycles. The summed E-state index contributed by atoms with van der Waals surface area (Å²) in [5.41, 5.74) is 3.85. The summed E-state index contributed by atoms with van der Waals surface area (Å²) in [6, 6.07) is 5.90. The normalized spacial score (nSPS) is 10.9. The lowest BCUT2D eigenvalue weighted by Gasteiger charge is -2.04. The molecule has 102 valence electrons. The first-order chi connectivity index (χ1) is 9.61. The maximum atomic E-state index is 12.0. The molecule has 0 radical (unpaired) electrons. The SMILES string of the molecule is COC(=O)c1sc2nc(C)cc(C)c2c1-c1ccc[nH]1. The van der Waals surface area contributed by atoms with Crippen LogP contribution in [0.15, 0.2) is 24.4 Å². The molecule has 3 heterocycles. The number of ether oxygens (including phenoxy) is 1. The lowest BCUT2D eigenvalue weighted by molar-refractivity contribution is 0.0607. The third kappa shape index (κ3) is 1.91. The smallest absolute Gasteiger partial charge is 0.348 e. The zero-order valence-electron chi connectivity index (χ0n) is 11.5. The maximum absolute atomic E-state index is 12.0. The summed E-state index contributed by atoms with van der Waals surface area (Å²) in [4.78, 5) is 21.2. The number of H-pyrrole nitrogens is 1. The molecule has 4 nitrogen and oxygen atoms in total. The van der Waals surface area contributed by atoms with Crippen LogP contribution in [0.3, 0.4) is 0 Å². The minimum absolute atomic E-state index is 0.324. The van der Waals surface area contributed by atoms with Gasteiger partial charge in [-0.05, 0) is 37.6 Å². The van der Waals surface area contributed by atoms with Gasteiger partial charge < -0.3 is 9.72 Å². The molecule has 1 N–H and O–H groups in total. The van der Waals surface area contributed by atoms with Crippen LogP contribution in [0, 0.1) is 13.8 Å². The molecule has 0 amide bonds. The molecular formula is C15H14N2O2S. The van der Waals surface area contributed by atoms with Crippen LogP contribution >= 0.6 is 11.3 Å². The van der Waals surface area contributed by atoms with E-state index in [-0.39, 0.29) is 5.97 Å². The number of esters is 1. The minimum atomic E-state index is -0.324. The Kier molecular flexibility index (Phi) is 3.06. The van der Waals surface area contributed by atoms with Crippen LogP contribution < -0.4 is 0 Å². The Balaban J connectivity index is 2.41. The van der Waals surface area contributed by atoms with Gasteiger partial charge in [0.15, 0.2) is 0 Å². The van der Waals surface area contributed by atoms with Gasteiger partial charge in [0, 0.05) is 28.5 Å². The number of thiophene rings is 1. The van der Waals surface area contributed by atoms with Gasteiger partial charge in [0.2, 0.25) is 0 Å². The summed E-state index contributed by atoms with van der Waals surface area (Å²) >= 11 is 1.38. The number of nitrogens with zero attached hydrogens (tertiary/aromatic N) is 1. The molecule has 0 atom stereocenters. The van der Waals surface area contributed by atoms with Gasteiger partial charge in [-0.2, -0.15) is 0 Å². The largest absolute Gasteiger partial charge is 0.465 e. The number of carbonyl (C=O) groups is 1. The van der Waals surface area contributed by atoms with Gasteiger partial charge in [0.25, 0.3) is 0 Å². The predicted octanol–water partition coefficient (Wildman–Crippen LogP) is 3.69. The number of nitrogens with one attached hydrogen (secondary N) is 1. The fourth-order valence-electron chi connectivity index (χ4n) is 2.42. The molecule has 0 saturated carbocycles. The highest BCUT2D eigenvalue weighted by Gasteiger charge is 2.23. The van der Waals surface area contributed by atoms with Crippen molar-refractivity contribution in [3.63, 3.8) is 0 Å². The van der Waals surface area contributed by atoms with Crippen LogP contribution in [0.2, 0.25) is 0 Å². The Bertz CT molecular complexity index is 788. The number of fused-ring (bicyclic) bond motifs is 1. The molecule has 0 aromatic carbocycles. The van der Waals surface area contributed by atoms with E-state index in [1.807, 2.05) is 38.2 Å². The Hall–Kier alpha value is -2.14. The number of aryl methyl sites for hydroxylation is 2. The molecule has 0 saturated heterocycles. The molecule has 0 spiro atoms. The standard InChI is InChI=1S/C15H14N2O2S/c1-8-7-9(2)17-14-11(8)12(10-5-4-6-16-10)13(20-14)15(18)19-3/h4-7,16H,1-3H3. The van der Waals surface area contributed by atoms with E-state index in [4.69, 9.17) is 4.74 Å². The number of methoxy groups -OCH3 is 1. The topological polar surface area (TPSA) is 55.0 Å². The molecule has 0 bridgehead atoms. The lowest BCUT2D eigenvalue weighted by atomic mass is 10.0. The predicted molar refractivity (Wildman–Crippen MR) is 80.2 cm³/mol. The summed E-state index contributed by atoms with van der Waals surface area (Å²) in [5.74, 6) is -0.324. The Morgan fingerprint density at radius 1 is 1.40 bits per heavy atom. The minimum Gasteiger partial charge on any atom is -0.465 e. The van der Waals surface area contributed by atoms with Gasteiger partial charge in [-0.15, -0.1) is 11.3 Å². The van der Waals surface area contributed by atoms with Crippen molar-refractivity contribution in [3.05, 3.63) is 40.5 Å².